The summed E-state index contributed by atoms with van der Waals surface area (Å²) in [6.07, 6.45) is 0.818. The van der Waals surface area contributed by atoms with E-state index in [9.17, 15) is 19.8 Å². The highest BCUT2D eigenvalue weighted by molar-refractivity contribution is 9.10. The second-order valence-electron chi connectivity index (χ2n) is 8.34. The molecular formula is C28H26BrNO6. The summed E-state index contributed by atoms with van der Waals surface area (Å²) in [7, 11) is 1.41. The number of likely N-dealkylation sites (tertiary alicyclic amines) is 1. The molecule has 36 heavy (non-hydrogen) atoms. The van der Waals surface area contributed by atoms with Crippen molar-refractivity contribution in [2.75, 3.05) is 13.7 Å². The van der Waals surface area contributed by atoms with Gasteiger partial charge in [-0.2, -0.15) is 0 Å². The van der Waals surface area contributed by atoms with Crippen molar-refractivity contribution in [1.82, 2.24) is 4.90 Å². The number of amides is 1. The van der Waals surface area contributed by atoms with E-state index < -0.39 is 17.7 Å². The molecule has 1 amide bonds. The molecule has 0 bridgehead atoms. The maximum Gasteiger partial charge on any atom is 0.295 e. The number of phenols is 1. The number of hydrogen-bond acceptors (Lipinski definition) is 6. The minimum absolute atomic E-state index is 0.0526. The molecule has 1 heterocycles. The van der Waals surface area contributed by atoms with E-state index in [0.29, 0.717) is 28.0 Å². The maximum atomic E-state index is 13.3. The fourth-order valence-corrected chi connectivity index (χ4v) is 4.65. The van der Waals surface area contributed by atoms with E-state index in [1.54, 1.807) is 36.4 Å². The molecule has 1 unspecified atom stereocenters. The molecule has 0 aromatic heterocycles. The highest BCUT2D eigenvalue weighted by atomic mass is 79.9. The first-order valence-corrected chi connectivity index (χ1v) is 12.3. The lowest BCUT2D eigenvalue weighted by Gasteiger charge is -2.26. The van der Waals surface area contributed by atoms with Gasteiger partial charge in [-0.25, -0.2) is 0 Å². The molecular weight excluding hydrogens is 526 g/mol. The summed E-state index contributed by atoms with van der Waals surface area (Å²) in [5.41, 5.74) is 1.62. The predicted octanol–water partition coefficient (Wildman–Crippen LogP) is 5.57. The quantitative estimate of drug-likeness (QED) is 0.216. The van der Waals surface area contributed by atoms with E-state index in [1.165, 1.54) is 12.0 Å². The molecule has 0 aliphatic carbocycles. The number of carbonyl (C=O) groups excluding carboxylic acids is 2. The molecule has 8 heteroatoms. The van der Waals surface area contributed by atoms with Gasteiger partial charge in [0, 0.05) is 12.1 Å². The Kier molecular flexibility index (Phi) is 7.64. The number of Topliss-reactive ketones (excluding diaryl/α,β-unsaturated/α-hetero) is 1. The Morgan fingerprint density at radius 1 is 1.06 bits per heavy atom. The van der Waals surface area contributed by atoms with Crippen LogP contribution >= 0.6 is 15.9 Å². The number of ether oxygens (including phenoxy) is 2. The fourth-order valence-electron chi connectivity index (χ4n) is 4.19. The number of halogens is 1. The Bertz CT molecular complexity index is 1320. The Morgan fingerprint density at radius 2 is 1.81 bits per heavy atom. The molecule has 0 spiro atoms. The van der Waals surface area contributed by atoms with Gasteiger partial charge in [0.05, 0.1) is 29.8 Å². The van der Waals surface area contributed by atoms with E-state index >= 15 is 0 Å². The van der Waals surface area contributed by atoms with Gasteiger partial charge in [-0.3, -0.25) is 9.59 Å². The fraction of sp³-hybridized carbons (Fsp3) is 0.214. The van der Waals surface area contributed by atoms with Crippen LogP contribution in [0.1, 0.15) is 36.1 Å². The van der Waals surface area contributed by atoms with Gasteiger partial charge < -0.3 is 24.6 Å². The van der Waals surface area contributed by atoms with Crippen LogP contribution in [0, 0.1) is 0 Å². The molecule has 7 nitrogen and oxygen atoms in total. The van der Waals surface area contributed by atoms with Gasteiger partial charge in [-0.1, -0.05) is 49.4 Å². The van der Waals surface area contributed by atoms with Crippen molar-refractivity contribution in [2.45, 2.75) is 25.9 Å². The van der Waals surface area contributed by atoms with Gasteiger partial charge in [0.15, 0.2) is 11.5 Å². The van der Waals surface area contributed by atoms with Crippen LogP contribution in [-0.4, -0.2) is 40.5 Å². The summed E-state index contributed by atoms with van der Waals surface area (Å²) in [4.78, 5) is 28.0. The molecule has 1 aliphatic rings. The zero-order chi connectivity index (χ0) is 25.8. The standard InChI is InChI=1S/C28H26BrNO6/c1-3-12-36-20-11-7-10-18(13-20)25(31)23-24(19-14-21(29)26(32)22(15-19)35-2)30(28(34)27(23)33)16-17-8-5-4-6-9-17/h4-11,13-15,24,31-32H,3,12,16H2,1-2H3. The average Bonchev–Trinajstić information content (AvgIpc) is 3.14. The van der Waals surface area contributed by atoms with Gasteiger partial charge in [0.2, 0.25) is 0 Å². The SMILES string of the molecule is CCCOc1cccc(C(O)=C2C(=O)C(=O)N(Cc3ccccc3)C2c2cc(Br)c(O)c(OC)c2)c1. The second kappa shape index (κ2) is 10.9. The molecule has 4 rings (SSSR count). The van der Waals surface area contributed by atoms with E-state index in [0.717, 1.165) is 12.0 Å². The number of methoxy groups -OCH3 is 1. The van der Waals surface area contributed by atoms with Crippen molar-refractivity contribution in [3.8, 4) is 17.2 Å². The minimum Gasteiger partial charge on any atom is -0.507 e. The van der Waals surface area contributed by atoms with Crippen LogP contribution in [0.3, 0.4) is 0 Å². The van der Waals surface area contributed by atoms with Gasteiger partial charge in [-0.15, -0.1) is 0 Å². The summed E-state index contributed by atoms with van der Waals surface area (Å²) in [6, 6.07) is 18.3. The lowest BCUT2D eigenvalue weighted by Crippen LogP contribution is -2.29. The van der Waals surface area contributed by atoms with Gasteiger partial charge >= 0.3 is 0 Å². The van der Waals surface area contributed by atoms with Crippen molar-refractivity contribution in [3.05, 3.63) is 93.5 Å². The summed E-state index contributed by atoms with van der Waals surface area (Å²) < 4.78 is 11.3. The Labute approximate surface area is 217 Å². The first-order chi connectivity index (χ1) is 17.3. The highest BCUT2D eigenvalue weighted by Gasteiger charge is 2.46. The monoisotopic (exact) mass is 551 g/mol. The third-order valence-corrected chi connectivity index (χ3v) is 6.51. The number of aliphatic hydroxyl groups is 1. The molecule has 3 aromatic rings. The first kappa shape index (κ1) is 25.3. The molecule has 0 saturated carbocycles. The van der Waals surface area contributed by atoms with Crippen molar-refractivity contribution >= 4 is 33.4 Å². The number of rotatable bonds is 8. The molecule has 1 aliphatic heterocycles. The van der Waals surface area contributed by atoms with E-state index in [-0.39, 0.29) is 29.4 Å². The summed E-state index contributed by atoms with van der Waals surface area (Å²) in [5, 5.41) is 21.7. The van der Waals surface area contributed by atoms with Crippen LogP contribution in [0.25, 0.3) is 5.76 Å². The number of phenolic OH excluding ortho intramolecular Hbond substituents is 1. The second-order valence-corrected chi connectivity index (χ2v) is 9.20. The number of nitrogens with zero attached hydrogens (tertiary/aromatic N) is 1. The molecule has 1 fully saturated rings. The van der Waals surface area contributed by atoms with E-state index in [1.807, 2.05) is 37.3 Å². The van der Waals surface area contributed by atoms with Gasteiger partial charge in [0.25, 0.3) is 11.7 Å². The molecule has 0 radical (unpaired) electrons. The molecule has 3 aromatic carbocycles. The number of hydrogen-bond donors (Lipinski definition) is 2. The first-order valence-electron chi connectivity index (χ1n) is 11.5. The van der Waals surface area contributed by atoms with Crippen LogP contribution in [0.2, 0.25) is 0 Å². The number of aromatic hydroxyl groups is 1. The summed E-state index contributed by atoms with van der Waals surface area (Å²) >= 11 is 3.32. The predicted molar refractivity (Wildman–Crippen MR) is 139 cm³/mol. The lowest BCUT2D eigenvalue weighted by molar-refractivity contribution is -0.140. The summed E-state index contributed by atoms with van der Waals surface area (Å²) in [5.74, 6) is -1.23. The van der Waals surface area contributed by atoms with Crippen LogP contribution in [0.5, 0.6) is 17.2 Å². The Hall–Kier alpha value is -3.78. The number of benzene rings is 3. The Morgan fingerprint density at radius 3 is 2.50 bits per heavy atom. The lowest BCUT2D eigenvalue weighted by atomic mass is 9.94. The summed E-state index contributed by atoms with van der Waals surface area (Å²) in [6.45, 7) is 2.64. The zero-order valence-electron chi connectivity index (χ0n) is 19.9. The van der Waals surface area contributed by atoms with Crippen LogP contribution in [-0.2, 0) is 16.1 Å². The average molecular weight is 552 g/mol. The molecule has 1 saturated heterocycles. The largest absolute Gasteiger partial charge is 0.507 e. The van der Waals surface area contributed by atoms with Crippen LogP contribution < -0.4 is 9.47 Å². The smallest absolute Gasteiger partial charge is 0.295 e. The third kappa shape index (κ3) is 4.95. The molecule has 1 atom stereocenters. The van der Waals surface area contributed by atoms with Crippen molar-refractivity contribution in [1.29, 1.82) is 0 Å². The Balaban J connectivity index is 1.88. The van der Waals surface area contributed by atoms with Crippen molar-refractivity contribution < 1.29 is 29.3 Å². The highest BCUT2D eigenvalue weighted by Crippen LogP contribution is 2.45. The zero-order valence-corrected chi connectivity index (χ0v) is 21.5. The third-order valence-electron chi connectivity index (χ3n) is 5.90. The maximum absolute atomic E-state index is 13.3. The molecule has 186 valence electrons. The van der Waals surface area contributed by atoms with Crippen molar-refractivity contribution in [2.24, 2.45) is 0 Å². The van der Waals surface area contributed by atoms with Crippen molar-refractivity contribution in [3.63, 3.8) is 0 Å². The molecule has 2 N–H and O–H groups in total. The topological polar surface area (TPSA) is 96.3 Å². The van der Waals surface area contributed by atoms with E-state index in [4.69, 9.17) is 9.47 Å². The number of ketones is 1. The minimum atomic E-state index is -0.920. The van der Waals surface area contributed by atoms with Gasteiger partial charge in [0.1, 0.15) is 11.5 Å². The normalized spacial score (nSPS) is 16.9. The van der Waals surface area contributed by atoms with Crippen LogP contribution in [0.4, 0.5) is 0 Å². The van der Waals surface area contributed by atoms with E-state index in [2.05, 4.69) is 15.9 Å². The van der Waals surface area contributed by atoms with Crippen LogP contribution in [0.15, 0.2) is 76.8 Å². The number of aliphatic hydroxyl groups excluding tert-OH is 1. The number of carbonyl (C=O) groups is 2. The van der Waals surface area contributed by atoms with Gasteiger partial charge in [-0.05, 0) is 57.7 Å².